The Morgan fingerprint density at radius 2 is 1.95 bits per heavy atom. The Balaban J connectivity index is 2.89. The lowest BCUT2D eigenvalue weighted by Crippen LogP contribution is -2.35. The molecule has 1 atom stereocenters. The van der Waals surface area contributed by atoms with Gasteiger partial charge in [-0.15, -0.1) is 0 Å². The summed E-state index contributed by atoms with van der Waals surface area (Å²) in [5.41, 5.74) is 0.413. The lowest BCUT2D eigenvalue weighted by molar-refractivity contribution is 0.0511. The third-order valence-electron chi connectivity index (χ3n) is 2.37. The molecule has 1 rings (SSSR count). The topological polar surface area (TPSA) is 38.3 Å². The fourth-order valence-electron chi connectivity index (χ4n) is 1.60. The maximum absolute atomic E-state index is 13.8. The molecule has 1 aromatic rings. The third-order valence-corrected chi connectivity index (χ3v) is 2.37. The zero-order valence-electron chi connectivity index (χ0n) is 11.8. The number of hydrogen-bond donors (Lipinski definition) is 1. The van der Waals surface area contributed by atoms with E-state index in [1.165, 1.54) is 6.07 Å². The van der Waals surface area contributed by atoms with E-state index in [0.717, 1.165) is 0 Å². The molecule has 1 aromatic carbocycles. The molecule has 0 bridgehead atoms. The minimum atomic E-state index is -0.601. The summed E-state index contributed by atoms with van der Waals surface area (Å²) in [6.45, 7) is 10.8. The number of amides is 1. The van der Waals surface area contributed by atoms with Crippen LogP contribution in [0.5, 0.6) is 0 Å². The maximum atomic E-state index is 13.8. The van der Waals surface area contributed by atoms with E-state index in [1.807, 2.05) is 0 Å². The third kappa shape index (κ3) is 4.73. The van der Waals surface area contributed by atoms with E-state index in [9.17, 15) is 9.18 Å². The van der Waals surface area contributed by atoms with Gasteiger partial charge < -0.3 is 10.1 Å². The zero-order valence-corrected chi connectivity index (χ0v) is 11.8. The van der Waals surface area contributed by atoms with Crippen molar-refractivity contribution in [3.05, 3.63) is 47.8 Å². The van der Waals surface area contributed by atoms with Crippen molar-refractivity contribution in [3.8, 4) is 0 Å². The van der Waals surface area contributed by atoms with Crippen LogP contribution in [0.25, 0.3) is 0 Å². The van der Waals surface area contributed by atoms with Crippen LogP contribution < -0.4 is 5.32 Å². The normalized spacial score (nSPS) is 12.7. The number of hydrogen-bond acceptors (Lipinski definition) is 2. The molecule has 4 heteroatoms. The van der Waals surface area contributed by atoms with Crippen LogP contribution in [0.15, 0.2) is 36.4 Å². The van der Waals surface area contributed by atoms with Crippen LogP contribution in [0, 0.1) is 5.82 Å². The summed E-state index contributed by atoms with van der Waals surface area (Å²) in [6.07, 6.45) is -0.594. The Bertz CT molecular complexity index is 477. The van der Waals surface area contributed by atoms with Gasteiger partial charge in [0.15, 0.2) is 0 Å². The Morgan fingerprint density at radius 1 is 1.37 bits per heavy atom. The van der Waals surface area contributed by atoms with Gasteiger partial charge in [0, 0.05) is 5.56 Å². The summed E-state index contributed by atoms with van der Waals surface area (Å²) in [4.78, 5) is 11.8. The monoisotopic (exact) mass is 265 g/mol. The Morgan fingerprint density at radius 3 is 2.42 bits per heavy atom. The van der Waals surface area contributed by atoms with Crippen LogP contribution in [0.1, 0.15) is 39.3 Å². The van der Waals surface area contributed by atoms with Crippen molar-refractivity contribution < 1.29 is 13.9 Å². The summed E-state index contributed by atoms with van der Waals surface area (Å²) in [6, 6.07) is 5.68. The second kappa shape index (κ2) is 5.87. The molecule has 0 radical (unpaired) electrons. The van der Waals surface area contributed by atoms with Crippen molar-refractivity contribution in [1.82, 2.24) is 5.32 Å². The summed E-state index contributed by atoms with van der Waals surface area (Å²) in [7, 11) is 0. The second-order valence-corrected chi connectivity index (χ2v) is 5.45. The average molecular weight is 265 g/mol. The predicted molar refractivity (Wildman–Crippen MR) is 73.3 cm³/mol. The van der Waals surface area contributed by atoms with Gasteiger partial charge >= 0.3 is 6.09 Å². The first-order valence-electron chi connectivity index (χ1n) is 6.10. The molecule has 1 amide bonds. The van der Waals surface area contributed by atoms with Crippen LogP contribution in [-0.2, 0) is 4.74 Å². The molecule has 19 heavy (non-hydrogen) atoms. The van der Waals surface area contributed by atoms with E-state index >= 15 is 0 Å². The fraction of sp³-hybridized carbons (Fsp3) is 0.400. The van der Waals surface area contributed by atoms with Gasteiger partial charge in [0.1, 0.15) is 11.4 Å². The molecule has 0 aliphatic heterocycles. The molecule has 1 N–H and O–H groups in total. The fourth-order valence-corrected chi connectivity index (χ4v) is 1.60. The molecule has 1 unspecified atom stereocenters. The number of halogens is 1. The van der Waals surface area contributed by atoms with Gasteiger partial charge in [0.05, 0.1) is 6.04 Å². The molecule has 0 spiro atoms. The smallest absolute Gasteiger partial charge is 0.408 e. The van der Waals surface area contributed by atoms with Gasteiger partial charge in [0.2, 0.25) is 0 Å². The Kier molecular flexibility index (Phi) is 4.70. The average Bonchev–Trinajstić information content (AvgIpc) is 2.24. The highest BCUT2D eigenvalue weighted by Crippen LogP contribution is 2.23. The van der Waals surface area contributed by atoms with E-state index in [2.05, 4.69) is 11.9 Å². The van der Waals surface area contributed by atoms with Crippen molar-refractivity contribution in [1.29, 1.82) is 0 Å². The Labute approximate surface area is 113 Å². The van der Waals surface area contributed by atoms with Crippen LogP contribution >= 0.6 is 0 Å². The van der Waals surface area contributed by atoms with E-state index in [0.29, 0.717) is 11.1 Å². The van der Waals surface area contributed by atoms with Crippen molar-refractivity contribution >= 4 is 6.09 Å². The number of rotatable bonds is 3. The number of alkyl carbamates (subject to hydrolysis) is 1. The first-order valence-corrected chi connectivity index (χ1v) is 6.10. The summed E-state index contributed by atoms with van der Waals surface area (Å²) in [5.74, 6) is -0.383. The molecule has 0 aliphatic rings. The number of carbonyl (C=O) groups is 1. The number of carbonyl (C=O) groups excluding carboxylic acids is 1. The van der Waals surface area contributed by atoms with E-state index in [1.54, 1.807) is 45.9 Å². The quantitative estimate of drug-likeness (QED) is 0.840. The standard InChI is InChI=1S/C15H20FNO2/c1-10(2)13(11-8-6-7-9-12(11)16)17-14(18)19-15(3,4)5/h6-9,13H,1H2,2-5H3,(H,17,18). The van der Waals surface area contributed by atoms with E-state index < -0.39 is 17.7 Å². The highest BCUT2D eigenvalue weighted by atomic mass is 19.1. The largest absolute Gasteiger partial charge is 0.444 e. The minimum absolute atomic E-state index is 0.376. The lowest BCUT2D eigenvalue weighted by Gasteiger charge is -2.24. The van der Waals surface area contributed by atoms with Crippen LogP contribution in [0.3, 0.4) is 0 Å². The first-order chi connectivity index (χ1) is 8.70. The van der Waals surface area contributed by atoms with Crippen LogP contribution in [-0.4, -0.2) is 11.7 Å². The summed E-state index contributed by atoms with van der Waals surface area (Å²) >= 11 is 0. The first kappa shape index (κ1) is 15.2. The number of benzene rings is 1. The molecule has 0 saturated heterocycles. The Hall–Kier alpha value is -1.84. The molecule has 0 heterocycles. The number of ether oxygens (including phenoxy) is 1. The van der Waals surface area contributed by atoms with Crippen LogP contribution in [0.2, 0.25) is 0 Å². The van der Waals surface area contributed by atoms with E-state index in [4.69, 9.17) is 4.74 Å². The summed E-state index contributed by atoms with van der Waals surface area (Å²) < 4.78 is 18.9. The van der Waals surface area contributed by atoms with Gasteiger partial charge in [-0.05, 0) is 33.8 Å². The van der Waals surface area contributed by atoms with Crippen molar-refractivity contribution in [2.24, 2.45) is 0 Å². The summed E-state index contributed by atoms with van der Waals surface area (Å²) in [5, 5.41) is 2.63. The molecule has 0 aromatic heterocycles. The predicted octanol–water partition coefficient (Wildman–Crippen LogP) is 3.97. The lowest BCUT2D eigenvalue weighted by atomic mass is 10.0. The maximum Gasteiger partial charge on any atom is 0.408 e. The van der Waals surface area contributed by atoms with Gasteiger partial charge in [-0.3, -0.25) is 0 Å². The highest BCUT2D eigenvalue weighted by Gasteiger charge is 2.22. The molecular formula is C15H20FNO2. The second-order valence-electron chi connectivity index (χ2n) is 5.45. The molecular weight excluding hydrogens is 245 g/mol. The van der Waals surface area contributed by atoms with Gasteiger partial charge in [0.25, 0.3) is 0 Å². The zero-order chi connectivity index (χ0) is 14.6. The molecule has 0 fully saturated rings. The van der Waals surface area contributed by atoms with Crippen molar-refractivity contribution in [2.45, 2.75) is 39.3 Å². The van der Waals surface area contributed by atoms with Gasteiger partial charge in [-0.1, -0.05) is 30.4 Å². The molecule has 0 saturated carbocycles. The van der Waals surface area contributed by atoms with Gasteiger partial charge in [-0.2, -0.15) is 0 Å². The van der Waals surface area contributed by atoms with Crippen molar-refractivity contribution in [2.75, 3.05) is 0 Å². The minimum Gasteiger partial charge on any atom is -0.444 e. The van der Waals surface area contributed by atoms with Gasteiger partial charge in [-0.25, -0.2) is 9.18 Å². The molecule has 0 aliphatic carbocycles. The van der Waals surface area contributed by atoms with Crippen molar-refractivity contribution in [3.63, 3.8) is 0 Å². The molecule has 104 valence electrons. The molecule has 3 nitrogen and oxygen atoms in total. The SMILES string of the molecule is C=C(C)C(NC(=O)OC(C)(C)C)c1ccccc1F. The van der Waals surface area contributed by atoms with E-state index in [-0.39, 0.29) is 5.82 Å². The van der Waals surface area contributed by atoms with Crippen LogP contribution in [0.4, 0.5) is 9.18 Å². The highest BCUT2D eigenvalue weighted by molar-refractivity contribution is 5.69. The number of nitrogens with one attached hydrogen (secondary N) is 1.